The highest BCUT2D eigenvalue weighted by Gasteiger charge is 2.37. The van der Waals surface area contributed by atoms with Gasteiger partial charge in [-0.25, -0.2) is 0 Å². The number of fused-ring (bicyclic) bond motifs is 4. The van der Waals surface area contributed by atoms with Crippen LogP contribution in [0.4, 0.5) is 0 Å². The first-order valence-corrected chi connectivity index (χ1v) is 9.86. The Morgan fingerprint density at radius 2 is 1.85 bits per heavy atom. The number of amides is 1. The number of aromatic nitrogens is 1. The van der Waals surface area contributed by atoms with Crippen molar-refractivity contribution in [3.05, 3.63) is 59.9 Å². The third kappa shape index (κ3) is 3.43. The van der Waals surface area contributed by atoms with Gasteiger partial charge in [0.1, 0.15) is 5.69 Å². The van der Waals surface area contributed by atoms with Gasteiger partial charge in [-0.3, -0.25) is 9.69 Å². The zero-order chi connectivity index (χ0) is 18.1. The molecule has 1 aromatic heterocycles. The number of hydrogen-bond acceptors (Lipinski definition) is 2. The van der Waals surface area contributed by atoms with Crippen LogP contribution in [0.5, 0.6) is 0 Å². The summed E-state index contributed by atoms with van der Waals surface area (Å²) >= 11 is 0. The lowest BCUT2D eigenvalue weighted by atomic mass is 9.94. The summed E-state index contributed by atoms with van der Waals surface area (Å²) < 4.78 is 2.09. The largest absolute Gasteiger partial charge is 0.341 e. The molecule has 2 aromatic rings. The van der Waals surface area contributed by atoms with Gasteiger partial charge in [0.2, 0.25) is 0 Å². The normalized spacial score (nSPS) is 23.4. The van der Waals surface area contributed by atoms with Crippen LogP contribution < -0.4 is 0 Å². The summed E-state index contributed by atoms with van der Waals surface area (Å²) in [5, 5.41) is 0. The molecule has 0 spiro atoms. The summed E-state index contributed by atoms with van der Waals surface area (Å²) in [4.78, 5) is 17.9. The number of benzene rings is 1. The van der Waals surface area contributed by atoms with Crippen molar-refractivity contribution in [2.75, 3.05) is 19.6 Å². The van der Waals surface area contributed by atoms with Crippen molar-refractivity contribution in [3.8, 4) is 0 Å². The number of nitrogens with zero attached hydrogens (tertiary/aromatic N) is 3. The fraction of sp³-hybridized carbons (Fsp3) is 0.500. The molecule has 0 N–H and O–H groups in total. The molecule has 2 bridgehead atoms. The first-order valence-electron chi connectivity index (χ1n) is 9.86. The number of carbonyl (C=O) groups excluding carboxylic acids is 1. The SMILES string of the molecule is CC(C)n1cccc1C(=O)N1C[C@@H]2CC[C@H](C1)N(Cc1ccccc1)C2. The van der Waals surface area contributed by atoms with Crippen LogP contribution in [0.1, 0.15) is 48.8 Å². The molecule has 5 rings (SSSR count). The van der Waals surface area contributed by atoms with Crippen molar-refractivity contribution in [3.63, 3.8) is 0 Å². The second-order valence-corrected chi connectivity index (χ2v) is 8.12. The van der Waals surface area contributed by atoms with Gasteiger partial charge < -0.3 is 9.47 Å². The molecule has 4 nitrogen and oxygen atoms in total. The average Bonchev–Trinajstić information content (AvgIpc) is 2.97. The summed E-state index contributed by atoms with van der Waals surface area (Å²) in [6.45, 7) is 8.10. The molecule has 3 aliphatic rings. The number of carbonyl (C=O) groups is 1. The monoisotopic (exact) mass is 351 g/mol. The maximum Gasteiger partial charge on any atom is 0.270 e. The number of rotatable bonds is 4. The van der Waals surface area contributed by atoms with Gasteiger partial charge in [-0.2, -0.15) is 0 Å². The second-order valence-electron chi connectivity index (χ2n) is 8.12. The highest BCUT2D eigenvalue weighted by Crippen LogP contribution is 2.30. The lowest BCUT2D eigenvalue weighted by Crippen LogP contribution is -2.44. The van der Waals surface area contributed by atoms with E-state index in [1.54, 1.807) is 0 Å². The summed E-state index contributed by atoms with van der Waals surface area (Å²) in [7, 11) is 0. The van der Waals surface area contributed by atoms with Crippen LogP contribution in [0.15, 0.2) is 48.7 Å². The van der Waals surface area contributed by atoms with E-state index in [-0.39, 0.29) is 5.91 Å². The van der Waals surface area contributed by atoms with E-state index >= 15 is 0 Å². The Hall–Kier alpha value is -2.07. The van der Waals surface area contributed by atoms with Gasteiger partial charge in [0, 0.05) is 44.5 Å². The van der Waals surface area contributed by atoms with Crippen LogP contribution in [-0.2, 0) is 6.54 Å². The molecule has 3 saturated heterocycles. The zero-order valence-corrected chi connectivity index (χ0v) is 15.8. The summed E-state index contributed by atoms with van der Waals surface area (Å²) in [6.07, 6.45) is 4.46. The molecular weight excluding hydrogens is 322 g/mol. The fourth-order valence-corrected chi connectivity index (χ4v) is 4.54. The predicted molar refractivity (Wildman–Crippen MR) is 104 cm³/mol. The minimum Gasteiger partial charge on any atom is -0.341 e. The van der Waals surface area contributed by atoms with Crippen LogP contribution in [0.25, 0.3) is 0 Å². The molecule has 3 fully saturated rings. The first kappa shape index (κ1) is 17.3. The number of piperidine rings is 1. The Labute approximate surface area is 156 Å². The third-order valence-electron chi connectivity index (χ3n) is 5.90. The smallest absolute Gasteiger partial charge is 0.270 e. The van der Waals surface area contributed by atoms with E-state index in [2.05, 4.69) is 58.5 Å². The second kappa shape index (κ2) is 7.28. The standard InChI is InChI=1S/C22H29N3O/c1-17(2)25-12-6-9-21(25)22(26)24-15-19-10-11-20(16-24)23(14-19)13-18-7-4-3-5-8-18/h3-9,12,17,19-20H,10-11,13-16H2,1-2H3/t19-,20-/m1/s1. The number of hydrogen-bond donors (Lipinski definition) is 0. The molecule has 0 radical (unpaired) electrons. The third-order valence-corrected chi connectivity index (χ3v) is 5.90. The Morgan fingerprint density at radius 3 is 2.62 bits per heavy atom. The molecule has 26 heavy (non-hydrogen) atoms. The minimum absolute atomic E-state index is 0.196. The van der Waals surface area contributed by atoms with Crippen LogP contribution >= 0.6 is 0 Å². The van der Waals surface area contributed by atoms with Gasteiger partial charge in [-0.05, 0) is 50.3 Å². The first-order chi connectivity index (χ1) is 12.6. The molecule has 1 aromatic carbocycles. The van der Waals surface area contributed by atoms with Crippen molar-refractivity contribution in [1.29, 1.82) is 0 Å². The van der Waals surface area contributed by atoms with Crippen LogP contribution in [0, 0.1) is 5.92 Å². The van der Waals surface area contributed by atoms with Gasteiger partial charge in [0.15, 0.2) is 0 Å². The van der Waals surface area contributed by atoms with E-state index in [1.165, 1.54) is 18.4 Å². The Kier molecular flexibility index (Phi) is 4.86. The topological polar surface area (TPSA) is 28.5 Å². The van der Waals surface area contributed by atoms with Gasteiger partial charge in [-0.1, -0.05) is 30.3 Å². The summed E-state index contributed by atoms with van der Waals surface area (Å²) in [5.41, 5.74) is 2.20. The van der Waals surface area contributed by atoms with E-state index < -0.39 is 0 Å². The Morgan fingerprint density at radius 1 is 1.04 bits per heavy atom. The molecule has 3 aliphatic heterocycles. The van der Waals surface area contributed by atoms with Crippen molar-refractivity contribution >= 4 is 5.91 Å². The van der Waals surface area contributed by atoms with Crippen molar-refractivity contribution in [1.82, 2.24) is 14.4 Å². The molecule has 0 aliphatic carbocycles. The quantitative estimate of drug-likeness (QED) is 0.838. The van der Waals surface area contributed by atoms with Crippen LogP contribution in [0.3, 0.4) is 0 Å². The molecular formula is C22H29N3O. The Bertz CT molecular complexity index is 752. The molecule has 138 valence electrons. The molecule has 1 amide bonds. The van der Waals surface area contributed by atoms with Gasteiger partial charge in [0.05, 0.1) is 0 Å². The van der Waals surface area contributed by atoms with E-state index in [0.29, 0.717) is 18.0 Å². The highest BCUT2D eigenvalue weighted by molar-refractivity contribution is 5.93. The van der Waals surface area contributed by atoms with E-state index in [9.17, 15) is 4.79 Å². The summed E-state index contributed by atoms with van der Waals surface area (Å²) in [5.74, 6) is 0.783. The van der Waals surface area contributed by atoms with Gasteiger partial charge >= 0.3 is 0 Å². The maximum atomic E-state index is 13.2. The predicted octanol–water partition coefficient (Wildman–Crippen LogP) is 3.81. The Balaban J connectivity index is 1.51. The van der Waals surface area contributed by atoms with Crippen LogP contribution in [0.2, 0.25) is 0 Å². The van der Waals surface area contributed by atoms with Crippen molar-refractivity contribution in [2.45, 2.75) is 45.3 Å². The lowest BCUT2D eigenvalue weighted by molar-refractivity contribution is 0.0723. The van der Waals surface area contributed by atoms with Crippen LogP contribution in [-0.4, -0.2) is 46.0 Å². The van der Waals surface area contributed by atoms with Gasteiger partial charge in [0.25, 0.3) is 5.91 Å². The fourth-order valence-electron chi connectivity index (χ4n) is 4.54. The lowest BCUT2D eigenvalue weighted by Gasteiger charge is -2.36. The minimum atomic E-state index is 0.196. The van der Waals surface area contributed by atoms with Gasteiger partial charge in [-0.15, -0.1) is 0 Å². The van der Waals surface area contributed by atoms with Crippen molar-refractivity contribution < 1.29 is 4.79 Å². The average molecular weight is 351 g/mol. The van der Waals surface area contributed by atoms with E-state index in [0.717, 1.165) is 31.9 Å². The maximum absolute atomic E-state index is 13.2. The highest BCUT2D eigenvalue weighted by atomic mass is 16.2. The van der Waals surface area contributed by atoms with Crippen molar-refractivity contribution in [2.24, 2.45) is 5.92 Å². The summed E-state index contributed by atoms with van der Waals surface area (Å²) in [6, 6.07) is 15.4. The zero-order valence-electron chi connectivity index (χ0n) is 15.8. The molecule has 2 atom stereocenters. The molecule has 4 heteroatoms. The molecule has 0 saturated carbocycles. The van der Waals surface area contributed by atoms with E-state index in [4.69, 9.17) is 0 Å². The molecule has 4 heterocycles. The molecule has 0 unspecified atom stereocenters. The van der Waals surface area contributed by atoms with E-state index in [1.807, 2.05) is 18.3 Å².